The maximum Gasteiger partial charge on any atom is 0.133 e. The summed E-state index contributed by atoms with van der Waals surface area (Å²) in [5.74, 6) is -1.51. The van der Waals surface area contributed by atoms with Crippen molar-refractivity contribution >= 4 is 27.3 Å². The molecule has 17 heavy (non-hydrogen) atoms. The number of halogens is 3. The second-order valence-corrected chi connectivity index (χ2v) is 5.87. The Labute approximate surface area is 110 Å². The van der Waals surface area contributed by atoms with Crippen molar-refractivity contribution in [2.45, 2.75) is 13.0 Å². The second kappa shape index (κ2) is 4.84. The van der Waals surface area contributed by atoms with Crippen molar-refractivity contribution in [3.05, 3.63) is 55.7 Å². The first-order chi connectivity index (χ1) is 7.99. The highest BCUT2D eigenvalue weighted by Gasteiger charge is 2.21. The lowest BCUT2D eigenvalue weighted by molar-refractivity contribution is 0.212. The molecular weight excluding hydrogens is 310 g/mol. The maximum atomic E-state index is 13.6. The Morgan fingerprint density at radius 3 is 2.29 bits per heavy atom. The zero-order chi connectivity index (χ0) is 12.6. The van der Waals surface area contributed by atoms with Gasteiger partial charge in [-0.15, -0.1) is 11.3 Å². The highest BCUT2D eigenvalue weighted by molar-refractivity contribution is 9.10. The predicted molar refractivity (Wildman–Crippen MR) is 67.2 cm³/mol. The van der Waals surface area contributed by atoms with Crippen molar-refractivity contribution in [1.82, 2.24) is 0 Å². The molecule has 1 heterocycles. The van der Waals surface area contributed by atoms with E-state index in [9.17, 15) is 13.9 Å². The van der Waals surface area contributed by atoms with Gasteiger partial charge in [0.25, 0.3) is 0 Å². The van der Waals surface area contributed by atoms with Crippen LogP contribution in [-0.4, -0.2) is 5.11 Å². The standard InChI is InChI=1S/C12H9BrF2OS/c1-6-2-3-10(17-6)12(16)11-8(14)4-7(13)5-9(11)15/h2-5,12,16H,1H3. The van der Waals surface area contributed by atoms with Crippen LogP contribution in [0.5, 0.6) is 0 Å². The first-order valence-corrected chi connectivity index (χ1v) is 6.49. The van der Waals surface area contributed by atoms with Crippen LogP contribution in [0.4, 0.5) is 8.78 Å². The molecule has 2 aromatic rings. The van der Waals surface area contributed by atoms with E-state index in [1.165, 1.54) is 11.3 Å². The zero-order valence-corrected chi connectivity index (χ0v) is 11.3. The second-order valence-electron chi connectivity index (χ2n) is 3.63. The van der Waals surface area contributed by atoms with E-state index >= 15 is 0 Å². The third-order valence-electron chi connectivity index (χ3n) is 2.35. The van der Waals surface area contributed by atoms with E-state index in [0.717, 1.165) is 17.0 Å². The van der Waals surface area contributed by atoms with Gasteiger partial charge in [0.15, 0.2) is 0 Å². The van der Waals surface area contributed by atoms with Gasteiger partial charge in [-0.25, -0.2) is 8.78 Å². The summed E-state index contributed by atoms with van der Waals surface area (Å²) in [5.41, 5.74) is -0.310. The van der Waals surface area contributed by atoms with Gasteiger partial charge in [0.05, 0.1) is 5.56 Å². The summed E-state index contributed by atoms with van der Waals surface area (Å²) >= 11 is 4.31. The minimum absolute atomic E-state index is 0.310. The highest BCUT2D eigenvalue weighted by atomic mass is 79.9. The van der Waals surface area contributed by atoms with E-state index in [4.69, 9.17) is 0 Å². The van der Waals surface area contributed by atoms with Crippen molar-refractivity contribution < 1.29 is 13.9 Å². The summed E-state index contributed by atoms with van der Waals surface area (Å²) in [6, 6.07) is 5.76. The van der Waals surface area contributed by atoms with Crippen LogP contribution < -0.4 is 0 Å². The summed E-state index contributed by atoms with van der Waals surface area (Å²) in [5, 5.41) is 9.97. The van der Waals surface area contributed by atoms with E-state index in [2.05, 4.69) is 15.9 Å². The van der Waals surface area contributed by atoms with E-state index in [1.54, 1.807) is 12.1 Å². The topological polar surface area (TPSA) is 20.2 Å². The van der Waals surface area contributed by atoms with E-state index in [-0.39, 0.29) is 5.56 Å². The molecule has 1 N–H and O–H groups in total. The van der Waals surface area contributed by atoms with Crippen molar-refractivity contribution in [3.8, 4) is 0 Å². The van der Waals surface area contributed by atoms with Gasteiger partial charge < -0.3 is 5.11 Å². The maximum absolute atomic E-state index is 13.6. The molecule has 0 saturated heterocycles. The van der Waals surface area contributed by atoms with Crippen molar-refractivity contribution in [3.63, 3.8) is 0 Å². The Bertz CT molecular complexity index is 530. The normalized spacial score (nSPS) is 12.8. The summed E-state index contributed by atoms with van der Waals surface area (Å²) in [7, 11) is 0. The number of aliphatic hydroxyl groups excluding tert-OH is 1. The first kappa shape index (κ1) is 12.7. The zero-order valence-electron chi connectivity index (χ0n) is 8.88. The van der Waals surface area contributed by atoms with Gasteiger partial charge in [0.2, 0.25) is 0 Å². The summed E-state index contributed by atoms with van der Waals surface area (Å²) < 4.78 is 27.6. The van der Waals surface area contributed by atoms with Crippen molar-refractivity contribution in [2.24, 2.45) is 0 Å². The smallest absolute Gasteiger partial charge is 0.133 e. The van der Waals surface area contributed by atoms with Crippen molar-refractivity contribution in [1.29, 1.82) is 0 Å². The number of hydrogen-bond donors (Lipinski definition) is 1. The molecule has 0 amide bonds. The molecule has 5 heteroatoms. The number of thiophene rings is 1. The van der Waals surface area contributed by atoms with Crippen LogP contribution in [0.1, 0.15) is 21.4 Å². The molecule has 1 atom stereocenters. The lowest BCUT2D eigenvalue weighted by Gasteiger charge is -2.11. The minimum atomic E-state index is -1.26. The van der Waals surface area contributed by atoms with E-state index < -0.39 is 17.7 Å². The molecule has 0 bridgehead atoms. The number of aryl methyl sites for hydroxylation is 1. The summed E-state index contributed by atoms with van der Waals surface area (Å²) in [6.45, 7) is 1.87. The van der Waals surface area contributed by atoms with Crippen LogP contribution in [0, 0.1) is 18.6 Å². The molecule has 0 aliphatic carbocycles. The van der Waals surface area contributed by atoms with Crippen LogP contribution in [0.3, 0.4) is 0 Å². The molecule has 1 aromatic carbocycles. The fourth-order valence-corrected chi connectivity index (χ4v) is 2.83. The molecule has 0 aliphatic rings. The molecule has 1 aromatic heterocycles. The van der Waals surface area contributed by atoms with Crippen molar-refractivity contribution in [2.75, 3.05) is 0 Å². The molecule has 0 radical (unpaired) electrons. The number of aliphatic hydroxyl groups is 1. The van der Waals surface area contributed by atoms with E-state index in [0.29, 0.717) is 9.35 Å². The Balaban J connectivity index is 2.47. The van der Waals surface area contributed by atoms with Crippen LogP contribution in [-0.2, 0) is 0 Å². The van der Waals surface area contributed by atoms with Gasteiger partial charge in [-0.05, 0) is 31.2 Å². The summed E-state index contributed by atoms with van der Waals surface area (Å²) in [4.78, 5) is 1.51. The van der Waals surface area contributed by atoms with Crippen LogP contribution in [0.2, 0.25) is 0 Å². The largest absolute Gasteiger partial charge is 0.383 e. The highest BCUT2D eigenvalue weighted by Crippen LogP contribution is 2.32. The van der Waals surface area contributed by atoms with Crippen LogP contribution in [0.25, 0.3) is 0 Å². The van der Waals surface area contributed by atoms with Gasteiger partial charge in [0.1, 0.15) is 17.7 Å². The molecular formula is C12H9BrF2OS. The van der Waals surface area contributed by atoms with Gasteiger partial charge >= 0.3 is 0 Å². The predicted octanol–water partition coefficient (Wildman–Crippen LogP) is 4.18. The molecule has 2 rings (SSSR count). The SMILES string of the molecule is Cc1ccc(C(O)c2c(F)cc(Br)cc2F)s1. The van der Waals surface area contributed by atoms with Gasteiger partial charge in [-0.3, -0.25) is 0 Å². The molecule has 1 nitrogen and oxygen atoms in total. The molecule has 90 valence electrons. The first-order valence-electron chi connectivity index (χ1n) is 4.88. The number of rotatable bonds is 2. The van der Waals surface area contributed by atoms with Gasteiger partial charge in [-0.1, -0.05) is 15.9 Å². The number of benzene rings is 1. The fraction of sp³-hybridized carbons (Fsp3) is 0.167. The average molecular weight is 319 g/mol. The van der Waals surface area contributed by atoms with E-state index in [1.807, 2.05) is 6.92 Å². The Hall–Kier alpha value is -0.780. The van der Waals surface area contributed by atoms with Gasteiger partial charge in [0, 0.05) is 14.2 Å². The molecule has 0 fully saturated rings. The quantitative estimate of drug-likeness (QED) is 0.880. The Morgan fingerprint density at radius 1 is 1.24 bits per heavy atom. The Kier molecular flexibility index (Phi) is 3.61. The van der Waals surface area contributed by atoms with Crippen LogP contribution >= 0.6 is 27.3 Å². The molecule has 0 spiro atoms. The summed E-state index contributed by atoms with van der Waals surface area (Å²) in [6.07, 6.45) is -1.26. The minimum Gasteiger partial charge on any atom is -0.383 e. The van der Waals surface area contributed by atoms with Gasteiger partial charge in [-0.2, -0.15) is 0 Å². The molecule has 0 aliphatic heterocycles. The third-order valence-corrected chi connectivity index (χ3v) is 3.86. The lowest BCUT2D eigenvalue weighted by Crippen LogP contribution is -2.04. The molecule has 1 unspecified atom stereocenters. The average Bonchev–Trinajstić information content (AvgIpc) is 2.63. The monoisotopic (exact) mass is 318 g/mol. The Morgan fingerprint density at radius 2 is 1.82 bits per heavy atom. The number of hydrogen-bond acceptors (Lipinski definition) is 2. The third kappa shape index (κ3) is 2.56. The van der Waals surface area contributed by atoms with Crippen LogP contribution in [0.15, 0.2) is 28.7 Å². The molecule has 0 saturated carbocycles. The lowest BCUT2D eigenvalue weighted by atomic mass is 10.1. The fourth-order valence-electron chi connectivity index (χ4n) is 1.56.